The maximum absolute atomic E-state index is 12.7. The minimum Gasteiger partial charge on any atom is -0.494 e. The first-order chi connectivity index (χ1) is 13.1. The van der Waals surface area contributed by atoms with Crippen molar-refractivity contribution >= 4 is 28.8 Å². The summed E-state index contributed by atoms with van der Waals surface area (Å²) in [4.78, 5) is 31.5. The second kappa shape index (κ2) is 8.61. The lowest BCUT2D eigenvalue weighted by Gasteiger charge is -2.38. The molecule has 0 unspecified atom stereocenters. The molecule has 1 aromatic rings. The van der Waals surface area contributed by atoms with Crippen molar-refractivity contribution < 1.29 is 19.1 Å². The molecule has 27 heavy (non-hydrogen) atoms. The number of hydrogen-bond acceptors (Lipinski definition) is 6. The number of amidine groups is 1. The van der Waals surface area contributed by atoms with Crippen LogP contribution in [-0.4, -0.2) is 40.9 Å². The first kappa shape index (κ1) is 19.5. The van der Waals surface area contributed by atoms with Gasteiger partial charge in [-0.3, -0.25) is 9.69 Å². The van der Waals surface area contributed by atoms with Gasteiger partial charge in [0.1, 0.15) is 5.75 Å². The van der Waals surface area contributed by atoms with Crippen LogP contribution in [0, 0.1) is 0 Å². The van der Waals surface area contributed by atoms with E-state index in [1.807, 2.05) is 24.3 Å². The number of rotatable bonds is 6. The number of amides is 1. The lowest BCUT2D eigenvalue weighted by molar-refractivity contribution is -0.139. The van der Waals surface area contributed by atoms with E-state index >= 15 is 0 Å². The van der Waals surface area contributed by atoms with Gasteiger partial charge in [-0.2, -0.15) is 0 Å². The molecule has 0 bridgehead atoms. The number of thioether (sulfide) groups is 1. The minimum absolute atomic E-state index is 0.0295. The zero-order chi connectivity index (χ0) is 19.4. The highest BCUT2D eigenvalue weighted by Crippen LogP contribution is 2.40. The molecule has 7 heteroatoms. The predicted molar refractivity (Wildman–Crippen MR) is 106 cm³/mol. The van der Waals surface area contributed by atoms with Crippen molar-refractivity contribution in [1.29, 1.82) is 0 Å². The lowest BCUT2D eigenvalue weighted by Crippen LogP contribution is -2.45. The van der Waals surface area contributed by atoms with Gasteiger partial charge >= 0.3 is 5.97 Å². The molecule has 0 N–H and O–H groups in total. The molecule has 0 radical (unpaired) electrons. The molecule has 0 aliphatic carbocycles. The van der Waals surface area contributed by atoms with Gasteiger partial charge in [-0.1, -0.05) is 30.8 Å². The Balaban J connectivity index is 2.02. The monoisotopic (exact) mass is 388 g/mol. The van der Waals surface area contributed by atoms with E-state index in [0.717, 1.165) is 17.7 Å². The van der Waals surface area contributed by atoms with Crippen LogP contribution in [0.5, 0.6) is 5.75 Å². The minimum atomic E-state index is -0.530. The average molecular weight is 388 g/mol. The predicted octanol–water partition coefficient (Wildman–Crippen LogP) is 3.69. The molecular weight excluding hydrogens is 364 g/mol. The highest BCUT2D eigenvalue weighted by molar-refractivity contribution is 8.14. The van der Waals surface area contributed by atoms with E-state index in [4.69, 9.17) is 9.47 Å². The van der Waals surface area contributed by atoms with Gasteiger partial charge in [-0.15, -0.1) is 0 Å². The van der Waals surface area contributed by atoms with Crippen LogP contribution < -0.4 is 4.74 Å². The van der Waals surface area contributed by atoms with Gasteiger partial charge < -0.3 is 9.47 Å². The van der Waals surface area contributed by atoms with Gasteiger partial charge in [0, 0.05) is 12.2 Å². The normalized spacial score (nSPS) is 19.5. The summed E-state index contributed by atoms with van der Waals surface area (Å²) in [6, 6.07) is 7.01. The number of carbonyl (C=O) groups is 2. The Labute approximate surface area is 163 Å². The molecule has 0 saturated carbocycles. The molecule has 2 aliphatic heterocycles. The second-order valence-electron chi connectivity index (χ2n) is 6.30. The van der Waals surface area contributed by atoms with Crippen LogP contribution in [0.15, 0.2) is 40.5 Å². The van der Waals surface area contributed by atoms with E-state index in [-0.39, 0.29) is 12.5 Å². The van der Waals surface area contributed by atoms with Crippen LogP contribution in [0.4, 0.5) is 0 Å². The topological polar surface area (TPSA) is 68.2 Å². The molecular formula is C20H24N2O4S. The third kappa shape index (κ3) is 4.03. The van der Waals surface area contributed by atoms with Crippen molar-refractivity contribution in [2.75, 3.05) is 19.0 Å². The first-order valence-electron chi connectivity index (χ1n) is 9.21. The number of allylic oxidation sites excluding steroid dienone is 1. The molecule has 1 atom stereocenters. The Kier molecular flexibility index (Phi) is 6.21. The van der Waals surface area contributed by atoms with Crippen molar-refractivity contribution in [3.63, 3.8) is 0 Å². The Morgan fingerprint density at radius 3 is 2.70 bits per heavy atom. The fourth-order valence-electron chi connectivity index (χ4n) is 3.15. The van der Waals surface area contributed by atoms with Crippen LogP contribution >= 0.6 is 11.8 Å². The van der Waals surface area contributed by atoms with Crippen molar-refractivity contribution in [3.8, 4) is 5.75 Å². The van der Waals surface area contributed by atoms with Crippen molar-refractivity contribution in [2.24, 2.45) is 4.99 Å². The Bertz CT molecular complexity index is 786. The number of carbonyl (C=O) groups excluding carboxylic acids is 2. The smallest absolute Gasteiger partial charge is 0.338 e. The quantitative estimate of drug-likeness (QED) is 0.695. The van der Waals surface area contributed by atoms with Crippen molar-refractivity contribution in [1.82, 2.24) is 4.90 Å². The van der Waals surface area contributed by atoms with Crippen LogP contribution in [0.3, 0.4) is 0 Å². The summed E-state index contributed by atoms with van der Waals surface area (Å²) in [7, 11) is 0. The molecule has 1 amide bonds. The van der Waals surface area contributed by atoms with Gasteiger partial charge in [0.05, 0.1) is 30.5 Å². The summed E-state index contributed by atoms with van der Waals surface area (Å²) in [6.07, 6.45) is 1.35. The van der Waals surface area contributed by atoms with Gasteiger partial charge in [0.25, 0.3) is 0 Å². The highest BCUT2D eigenvalue weighted by atomic mass is 32.2. The molecule has 144 valence electrons. The zero-order valence-corrected chi connectivity index (χ0v) is 16.7. The molecule has 1 aromatic carbocycles. The third-order valence-electron chi connectivity index (χ3n) is 4.37. The number of esters is 1. The van der Waals surface area contributed by atoms with E-state index in [9.17, 15) is 9.59 Å². The number of nitrogens with zero attached hydrogens (tertiary/aromatic N) is 2. The van der Waals surface area contributed by atoms with Crippen LogP contribution in [0.1, 0.15) is 45.2 Å². The fourth-order valence-corrected chi connectivity index (χ4v) is 4.15. The lowest BCUT2D eigenvalue weighted by atomic mass is 9.94. The average Bonchev–Trinajstić information content (AvgIpc) is 2.66. The molecule has 1 fully saturated rings. The Morgan fingerprint density at radius 2 is 2.04 bits per heavy atom. The maximum atomic E-state index is 12.7. The van der Waals surface area contributed by atoms with Gasteiger partial charge in [-0.25, -0.2) is 9.79 Å². The number of benzene rings is 1. The second-order valence-corrected chi connectivity index (χ2v) is 7.36. The van der Waals surface area contributed by atoms with Crippen LogP contribution in [0.2, 0.25) is 0 Å². The summed E-state index contributed by atoms with van der Waals surface area (Å²) in [6.45, 7) is 6.53. The highest BCUT2D eigenvalue weighted by Gasteiger charge is 2.41. The maximum Gasteiger partial charge on any atom is 0.338 e. The number of hydrogen-bond donors (Lipinski definition) is 0. The van der Waals surface area contributed by atoms with E-state index in [0.29, 0.717) is 35.2 Å². The number of aliphatic imine (C=N–C) groups is 1. The van der Waals surface area contributed by atoms with Gasteiger partial charge in [0.15, 0.2) is 5.17 Å². The zero-order valence-electron chi connectivity index (χ0n) is 15.9. The van der Waals surface area contributed by atoms with Gasteiger partial charge in [-0.05, 0) is 38.0 Å². The number of fused-ring (bicyclic) bond motifs is 1. The SMILES string of the molecule is CCCOc1ccc([C@H]2C(C(=O)OCC)=C(C)N=C3SCCC(=O)N32)cc1. The summed E-state index contributed by atoms with van der Waals surface area (Å²) >= 11 is 1.54. The van der Waals surface area contributed by atoms with Crippen LogP contribution in [-0.2, 0) is 14.3 Å². The van der Waals surface area contributed by atoms with Crippen LogP contribution in [0.25, 0.3) is 0 Å². The molecule has 0 spiro atoms. The van der Waals surface area contributed by atoms with E-state index in [2.05, 4.69) is 11.9 Å². The summed E-state index contributed by atoms with van der Waals surface area (Å²) in [5.74, 6) is 1.01. The van der Waals surface area contributed by atoms with E-state index < -0.39 is 12.0 Å². The summed E-state index contributed by atoms with van der Waals surface area (Å²) in [5, 5.41) is 0.646. The molecule has 2 aliphatic rings. The molecule has 1 saturated heterocycles. The summed E-state index contributed by atoms with van der Waals surface area (Å²) in [5.41, 5.74) is 1.85. The first-order valence-corrected chi connectivity index (χ1v) is 10.2. The third-order valence-corrected chi connectivity index (χ3v) is 5.33. The largest absolute Gasteiger partial charge is 0.494 e. The van der Waals surface area contributed by atoms with Crippen molar-refractivity contribution in [3.05, 3.63) is 41.1 Å². The molecule has 6 nitrogen and oxygen atoms in total. The van der Waals surface area contributed by atoms with Gasteiger partial charge in [0.2, 0.25) is 5.91 Å². The fraction of sp³-hybridized carbons (Fsp3) is 0.450. The molecule has 2 heterocycles. The summed E-state index contributed by atoms with van der Waals surface area (Å²) < 4.78 is 10.9. The van der Waals surface area contributed by atoms with E-state index in [1.165, 1.54) is 11.8 Å². The standard InChI is InChI=1S/C20H24N2O4S/c1-4-11-26-15-8-6-14(7-9-15)18-17(19(24)25-5-2)13(3)21-20-22(18)16(23)10-12-27-20/h6-9,18H,4-5,10-12H2,1-3H3/t18-/m0/s1. The van der Waals surface area contributed by atoms with Crippen molar-refractivity contribution in [2.45, 2.75) is 39.7 Å². The number of ether oxygens (including phenoxy) is 2. The molecule has 3 rings (SSSR count). The van der Waals surface area contributed by atoms with E-state index in [1.54, 1.807) is 18.7 Å². The molecule has 0 aromatic heterocycles. The Morgan fingerprint density at radius 1 is 1.30 bits per heavy atom. The Hall–Kier alpha value is -2.28.